The van der Waals surface area contributed by atoms with Crippen molar-refractivity contribution in [3.05, 3.63) is 209 Å². The van der Waals surface area contributed by atoms with Crippen LogP contribution in [0.2, 0.25) is 0 Å². The molecule has 0 atom stereocenters. The summed E-state index contributed by atoms with van der Waals surface area (Å²) in [5, 5.41) is 3.70. The van der Waals surface area contributed by atoms with Gasteiger partial charge in [-0.15, -0.1) is 0 Å². The minimum absolute atomic E-state index is 0.131. The Labute approximate surface area is 331 Å². The van der Waals surface area contributed by atoms with Gasteiger partial charge in [0.1, 0.15) is 5.65 Å². The quantitative estimate of drug-likeness (QED) is 0.165. The van der Waals surface area contributed by atoms with Crippen molar-refractivity contribution in [3.8, 4) is 22.3 Å². The zero-order valence-corrected chi connectivity index (χ0v) is 32.2. The van der Waals surface area contributed by atoms with Gasteiger partial charge in [-0.1, -0.05) is 165 Å². The molecule has 0 unspecified atom stereocenters. The molecule has 0 amide bonds. The van der Waals surface area contributed by atoms with E-state index < -0.39 is 5.41 Å². The number of rotatable bonds is 2. The third kappa shape index (κ3) is 4.21. The summed E-state index contributed by atoms with van der Waals surface area (Å²) in [7, 11) is 0. The van der Waals surface area contributed by atoms with Crippen LogP contribution in [0.4, 0.5) is 0 Å². The van der Waals surface area contributed by atoms with Crippen LogP contribution in [0.15, 0.2) is 174 Å². The molecule has 12 rings (SSSR count). The highest BCUT2D eigenvalue weighted by Gasteiger charge is 2.52. The first-order valence-electron chi connectivity index (χ1n) is 19.8. The predicted octanol–water partition coefficient (Wildman–Crippen LogP) is 13.4. The van der Waals surface area contributed by atoms with Crippen molar-refractivity contribution >= 4 is 45.2 Å². The van der Waals surface area contributed by atoms with Gasteiger partial charge in [-0.05, 0) is 104 Å². The summed E-state index contributed by atoms with van der Waals surface area (Å²) >= 11 is 1.92. The number of aryl methyl sites for hydroxylation is 1. The lowest BCUT2D eigenvalue weighted by molar-refractivity contribution is 0.549. The van der Waals surface area contributed by atoms with Crippen molar-refractivity contribution in [3.63, 3.8) is 0 Å². The van der Waals surface area contributed by atoms with Crippen LogP contribution < -0.4 is 0 Å². The second-order valence-electron chi connectivity index (χ2n) is 16.1. The summed E-state index contributed by atoms with van der Waals surface area (Å²) in [6.45, 7) is 4.78. The van der Waals surface area contributed by atoms with E-state index in [1.807, 2.05) is 11.8 Å². The molecule has 1 aliphatic heterocycles. The van der Waals surface area contributed by atoms with Crippen LogP contribution in [-0.4, -0.2) is 9.38 Å². The lowest BCUT2D eigenvalue weighted by Crippen LogP contribution is -2.43. The molecule has 0 saturated carbocycles. The van der Waals surface area contributed by atoms with Gasteiger partial charge in [-0.3, -0.25) is 4.40 Å². The molecule has 56 heavy (non-hydrogen) atoms. The third-order valence-corrected chi connectivity index (χ3v) is 14.2. The largest absolute Gasteiger partial charge is 0.295 e. The number of imidazole rings is 1. The molecule has 0 fully saturated rings. The van der Waals surface area contributed by atoms with Crippen LogP contribution >= 0.6 is 11.8 Å². The van der Waals surface area contributed by atoms with Crippen LogP contribution in [0.25, 0.3) is 55.7 Å². The zero-order chi connectivity index (χ0) is 37.2. The number of benzene rings is 7. The molecule has 0 N–H and O–H groups in total. The van der Waals surface area contributed by atoms with Crippen LogP contribution in [-0.2, 0) is 17.3 Å². The molecule has 2 aliphatic carbocycles. The molecule has 7 aromatic carbocycles. The highest BCUT2D eigenvalue weighted by molar-refractivity contribution is 7.99. The van der Waals surface area contributed by atoms with Gasteiger partial charge in [0, 0.05) is 26.0 Å². The lowest BCUT2D eigenvalue weighted by Gasteiger charge is -2.50. The zero-order valence-electron chi connectivity index (χ0n) is 31.4. The van der Waals surface area contributed by atoms with Crippen LogP contribution in [0.5, 0.6) is 0 Å². The van der Waals surface area contributed by atoms with Crippen molar-refractivity contribution in [2.45, 2.75) is 47.3 Å². The van der Waals surface area contributed by atoms with E-state index >= 15 is 0 Å². The van der Waals surface area contributed by atoms with Crippen molar-refractivity contribution in [2.75, 3.05) is 0 Å². The summed E-state index contributed by atoms with van der Waals surface area (Å²) in [5.41, 5.74) is 17.3. The Morgan fingerprint density at radius 3 is 2.04 bits per heavy atom. The molecule has 266 valence electrons. The first kappa shape index (κ1) is 32.1. The number of allylic oxidation sites excluding steroid dienone is 1. The number of hydrogen-bond acceptors (Lipinski definition) is 2. The van der Waals surface area contributed by atoms with Crippen molar-refractivity contribution in [1.82, 2.24) is 9.38 Å². The SMILES string of the molecule is CC1(C)c2ccccc2C2(c3ccccc3Sc3c(-c4cccc(-c5ccc6c7ccccc7n7c8c(nc7c6c5)C=CCC8)c4)cccc32)c2ccccc21. The van der Waals surface area contributed by atoms with E-state index in [0.717, 1.165) is 24.2 Å². The summed E-state index contributed by atoms with van der Waals surface area (Å²) in [6, 6.07) is 59.5. The van der Waals surface area contributed by atoms with Crippen molar-refractivity contribution in [2.24, 2.45) is 0 Å². The van der Waals surface area contributed by atoms with E-state index in [1.165, 1.54) is 92.8 Å². The number of fused-ring (bicyclic) bond motifs is 16. The van der Waals surface area contributed by atoms with E-state index in [0.29, 0.717) is 0 Å². The lowest BCUT2D eigenvalue weighted by atomic mass is 9.54. The van der Waals surface area contributed by atoms with Gasteiger partial charge in [-0.25, -0.2) is 4.98 Å². The Kier molecular flexibility index (Phi) is 6.70. The minimum atomic E-state index is -0.446. The second kappa shape index (κ2) is 11.7. The minimum Gasteiger partial charge on any atom is -0.295 e. The van der Waals surface area contributed by atoms with E-state index in [-0.39, 0.29) is 5.41 Å². The monoisotopic (exact) mass is 734 g/mol. The van der Waals surface area contributed by atoms with Gasteiger partial charge in [0.25, 0.3) is 0 Å². The van der Waals surface area contributed by atoms with E-state index in [2.05, 4.69) is 188 Å². The smallest absolute Gasteiger partial charge is 0.146 e. The molecule has 0 bridgehead atoms. The highest BCUT2D eigenvalue weighted by Crippen LogP contribution is 2.62. The van der Waals surface area contributed by atoms with E-state index in [4.69, 9.17) is 4.98 Å². The standard InChI is InChI=1S/C53H38N2S/c1-52(2)40-19-4-6-21-42(40)53(43-22-7-5-20-41(43)52)44-23-8-12-28-49(44)56-50-36(18-14-24-45(50)53)35-16-13-15-33(31-35)34-29-30-37-38-17-3-10-26-47(38)55-48-27-11-9-25-46(48)54-51(55)39(37)32-34/h3-10,12-26,28-32H,11,27H2,1-2H3. The summed E-state index contributed by atoms with van der Waals surface area (Å²) < 4.78 is 2.42. The maximum Gasteiger partial charge on any atom is 0.146 e. The second-order valence-corrected chi connectivity index (χ2v) is 17.2. The molecule has 9 aromatic rings. The molecule has 3 heteroatoms. The molecule has 2 aromatic heterocycles. The first-order valence-corrected chi connectivity index (χ1v) is 20.6. The fourth-order valence-corrected chi connectivity index (χ4v) is 11.8. The number of para-hydroxylation sites is 1. The van der Waals surface area contributed by atoms with Gasteiger partial charge in [0.05, 0.1) is 22.3 Å². The average molecular weight is 735 g/mol. The number of nitrogens with zero attached hydrogens (tertiary/aromatic N) is 2. The van der Waals surface area contributed by atoms with E-state index in [1.54, 1.807) is 0 Å². The number of aromatic nitrogens is 2. The molecule has 3 heterocycles. The van der Waals surface area contributed by atoms with E-state index in [9.17, 15) is 0 Å². The van der Waals surface area contributed by atoms with Crippen LogP contribution in [0, 0.1) is 0 Å². The van der Waals surface area contributed by atoms with Crippen molar-refractivity contribution < 1.29 is 0 Å². The molecule has 0 saturated heterocycles. The summed E-state index contributed by atoms with van der Waals surface area (Å²) in [4.78, 5) is 7.90. The van der Waals surface area contributed by atoms with Gasteiger partial charge < -0.3 is 0 Å². The number of hydrogen-bond donors (Lipinski definition) is 0. The maximum absolute atomic E-state index is 5.25. The van der Waals surface area contributed by atoms with Crippen LogP contribution in [0.1, 0.15) is 65.0 Å². The van der Waals surface area contributed by atoms with Gasteiger partial charge >= 0.3 is 0 Å². The molecule has 0 radical (unpaired) electrons. The highest BCUT2D eigenvalue weighted by atomic mass is 32.2. The first-order chi connectivity index (χ1) is 27.5. The third-order valence-electron chi connectivity index (χ3n) is 13.0. The maximum atomic E-state index is 5.25. The Balaban J connectivity index is 1.08. The Hall–Kier alpha value is -6.16. The Morgan fingerprint density at radius 1 is 0.554 bits per heavy atom. The average Bonchev–Trinajstić information content (AvgIpc) is 3.65. The predicted molar refractivity (Wildman–Crippen MR) is 233 cm³/mol. The molecule has 2 nitrogen and oxygen atoms in total. The van der Waals surface area contributed by atoms with Gasteiger partial charge in [0.15, 0.2) is 0 Å². The summed E-state index contributed by atoms with van der Waals surface area (Å²) in [6.07, 6.45) is 6.51. The summed E-state index contributed by atoms with van der Waals surface area (Å²) in [5.74, 6) is 0. The fourth-order valence-electron chi connectivity index (χ4n) is 10.5. The molecule has 3 aliphatic rings. The normalized spacial score (nSPS) is 15.7. The molecule has 1 spiro atoms. The molecular formula is C53H38N2S. The fraction of sp³-hybridized carbons (Fsp3) is 0.113. The molecular weight excluding hydrogens is 697 g/mol. The Morgan fingerprint density at radius 2 is 1.21 bits per heavy atom. The topological polar surface area (TPSA) is 17.3 Å². The van der Waals surface area contributed by atoms with Crippen LogP contribution in [0.3, 0.4) is 0 Å². The Bertz CT molecular complexity index is 3110. The number of pyridine rings is 1. The van der Waals surface area contributed by atoms with Crippen molar-refractivity contribution in [1.29, 1.82) is 0 Å². The van der Waals surface area contributed by atoms with Gasteiger partial charge in [-0.2, -0.15) is 0 Å². The van der Waals surface area contributed by atoms with Gasteiger partial charge in [0.2, 0.25) is 0 Å².